The van der Waals surface area contributed by atoms with Gasteiger partial charge in [-0.05, 0) is 43.2 Å². The summed E-state index contributed by atoms with van der Waals surface area (Å²) in [6.45, 7) is 3.99. The number of nitro groups is 1. The minimum atomic E-state index is -3.95. The Bertz CT molecular complexity index is 1270. The van der Waals surface area contributed by atoms with Crippen LogP contribution in [0.15, 0.2) is 70.0 Å². The molecule has 0 aliphatic heterocycles. The maximum Gasteiger partial charge on any atom is 0.315 e. The van der Waals surface area contributed by atoms with Gasteiger partial charge < -0.3 is 9.47 Å². The number of sulfonamides is 1. The van der Waals surface area contributed by atoms with Crippen LogP contribution in [0.1, 0.15) is 22.3 Å². The average Bonchev–Trinajstić information content (AvgIpc) is 2.78. The number of ether oxygens (including phenoxy) is 2. The molecule has 3 aromatic rings. The van der Waals surface area contributed by atoms with E-state index in [9.17, 15) is 18.5 Å². The molecule has 0 N–H and O–H groups in total. The van der Waals surface area contributed by atoms with Crippen LogP contribution in [0.4, 0.5) is 5.69 Å². The lowest BCUT2D eigenvalue weighted by Gasteiger charge is -2.13. The molecule has 0 fully saturated rings. The van der Waals surface area contributed by atoms with Gasteiger partial charge in [-0.2, -0.15) is 12.8 Å². The van der Waals surface area contributed by atoms with E-state index in [1.165, 1.54) is 31.4 Å². The molecule has 0 saturated carbocycles. The topological polar surface area (TPSA) is 108 Å². The number of aryl methyl sites for hydroxylation is 2. The molecule has 0 atom stereocenters. The predicted molar refractivity (Wildman–Crippen MR) is 121 cm³/mol. The fraction of sp³-hybridized carbons (Fsp3) is 0.174. The molecule has 0 amide bonds. The Morgan fingerprint density at radius 3 is 2.44 bits per heavy atom. The first-order chi connectivity index (χ1) is 15.2. The van der Waals surface area contributed by atoms with Crippen LogP contribution in [-0.2, 0) is 16.6 Å². The Hall–Kier alpha value is -3.72. The van der Waals surface area contributed by atoms with Crippen molar-refractivity contribution in [1.82, 2.24) is 0 Å². The summed E-state index contributed by atoms with van der Waals surface area (Å²) >= 11 is 0. The van der Waals surface area contributed by atoms with Gasteiger partial charge >= 0.3 is 5.69 Å². The molecule has 0 aliphatic rings. The lowest BCUT2D eigenvalue weighted by atomic mass is 10.1. The molecule has 3 rings (SSSR count). The predicted octanol–water partition coefficient (Wildman–Crippen LogP) is 4.61. The van der Waals surface area contributed by atoms with Crippen LogP contribution >= 0.6 is 0 Å². The molecule has 0 aromatic heterocycles. The van der Waals surface area contributed by atoms with Crippen LogP contribution in [0, 0.1) is 24.0 Å². The molecule has 0 saturated heterocycles. The molecule has 0 heterocycles. The number of methoxy groups -OCH3 is 1. The summed E-state index contributed by atoms with van der Waals surface area (Å²) in [5.74, 6) is 0.0598. The Kier molecular flexibility index (Phi) is 6.89. The normalized spacial score (nSPS) is 11.5. The van der Waals surface area contributed by atoms with Crippen molar-refractivity contribution in [2.24, 2.45) is 4.40 Å². The van der Waals surface area contributed by atoms with Crippen LogP contribution in [0.5, 0.6) is 11.5 Å². The summed E-state index contributed by atoms with van der Waals surface area (Å²) in [5, 5.41) is 11.7. The maximum absolute atomic E-state index is 12.4. The number of nitrogens with zero attached hydrogens (tertiary/aromatic N) is 2. The second-order valence-corrected chi connectivity index (χ2v) is 8.70. The first kappa shape index (κ1) is 23.0. The van der Waals surface area contributed by atoms with Crippen molar-refractivity contribution in [3.05, 3.63) is 93.0 Å². The quantitative estimate of drug-likeness (QED) is 0.279. The zero-order chi connectivity index (χ0) is 23.3. The summed E-state index contributed by atoms with van der Waals surface area (Å²) in [5.41, 5.74) is 2.76. The van der Waals surface area contributed by atoms with E-state index in [4.69, 9.17) is 9.47 Å². The van der Waals surface area contributed by atoms with Gasteiger partial charge in [0.2, 0.25) is 5.75 Å². The third-order valence-electron chi connectivity index (χ3n) is 4.73. The number of nitro benzene ring substituents is 1. The van der Waals surface area contributed by atoms with Crippen molar-refractivity contribution in [3.8, 4) is 11.5 Å². The van der Waals surface area contributed by atoms with Crippen LogP contribution in [0.2, 0.25) is 0 Å². The van der Waals surface area contributed by atoms with Crippen molar-refractivity contribution in [2.45, 2.75) is 25.3 Å². The molecule has 166 valence electrons. The van der Waals surface area contributed by atoms with E-state index in [1.54, 1.807) is 18.2 Å². The standard InChI is InChI=1S/C23H22N2O6S/c1-16-9-10-17(2)19(11-16)15-31-23-21(25(26)27)12-18(13-22(23)30-3)14-24-32(28,29)20-7-5-4-6-8-20/h4-14H,15H2,1-3H3/b24-14-. The van der Waals surface area contributed by atoms with Crippen molar-refractivity contribution < 1.29 is 22.8 Å². The highest BCUT2D eigenvalue weighted by molar-refractivity contribution is 7.90. The third-order valence-corrected chi connectivity index (χ3v) is 5.98. The van der Waals surface area contributed by atoms with E-state index in [2.05, 4.69) is 4.40 Å². The number of hydrogen-bond donors (Lipinski definition) is 0. The molecule has 0 aliphatic carbocycles. The van der Waals surface area contributed by atoms with Crippen LogP contribution < -0.4 is 9.47 Å². The Balaban J connectivity index is 1.95. The molecule has 32 heavy (non-hydrogen) atoms. The van der Waals surface area contributed by atoms with Gasteiger partial charge in [0, 0.05) is 17.8 Å². The second-order valence-electron chi connectivity index (χ2n) is 7.07. The van der Waals surface area contributed by atoms with Gasteiger partial charge in [0.15, 0.2) is 5.75 Å². The smallest absolute Gasteiger partial charge is 0.315 e. The highest BCUT2D eigenvalue weighted by Gasteiger charge is 2.23. The lowest BCUT2D eigenvalue weighted by molar-refractivity contribution is -0.386. The van der Waals surface area contributed by atoms with E-state index in [1.807, 2.05) is 32.0 Å². The molecular formula is C23H22N2O6S. The molecule has 0 radical (unpaired) electrons. The van der Waals surface area contributed by atoms with E-state index < -0.39 is 14.9 Å². The molecule has 8 nitrogen and oxygen atoms in total. The van der Waals surface area contributed by atoms with Crippen LogP contribution in [-0.4, -0.2) is 26.7 Å². The van der Waals surface area contributed by atoms with Gasteiger partial charge in [0.25, 0.3) is 10.0 Å². The Labute approximate surface area is 186 Å². The average molecular weight is 455 g/mol. The zero-order valence-electron chi connectivity index (χ0n) is 17.8. The zero-order valence-corrected chi connectivity index (χ0v) is 18.6. The van der Waals surface area contributed by atoms with E-state index in [0.717, 1.165) is 22.9 Å². The summed E-state index contributed by atoms with van der Waals surface area (Å²) < 4.78 is 39.5. The summed E-state index contributed by atoms with van der Waals surface area (Å²) in [6.07, 6.45) is 1.05. The fourth-order valence-corrected chi connectivity index (χ4v) is 3.89. The third kappa shape index (κ3) is 5.30. The number of hydrogen-bond acceptors (Lipinski definition) is 6. The first-order valence-electron chi connectivity index (χ1n) is 9.62. The van der Waals surface area contributed by atoms with Gasteiger partial charge in [-0.1, -0.05) is 42.0 Å². The van der Waals surface area contributed by atoms with Gasteiger partial charge in [-0.3, -0.25) is 10.1 Å². The van der Waals surface area contributed by atoms with Crippen LogP contribution in [0.25, 0.3) is 0 Å². The maximum atomic E-state index is 12.4. The largest absolute Gasteiger partial charge is 0.493 e. The molecule has 3 aromatic carbocycles. The monoisotopic (exact) mass is 454 g/mol. The summed E-state index contributed by atoms with van der Waals surface area (Å²) in [7, 11) is -2.60. The molecule has 0 bridgehead atoms. The van der Waals surface area contributed by atoms with E-state index in [0.29, 0.717) is 0 Å². The fourth-order valence-electron chi connectivity index (χ4n) is 3.00. The first-order valence-corrected chi connectivity index (χ1v) is 11.1. The summed E-state index contributed by atoms with van der Waals surface area (Å²) in [4.78, 5) is 11.1. The molecule has 9 heteroatoms. The number of rotatable bonds is 8. The molecule has 0 unspecified atom stereocenters. The number of benzene rings is 3. The molecular weight excluding hydrogens is 432 g/mol. The van der Waals surface area contributed by atoms with E-state index in [-0.39, 0.29) is 34.3 Å². The Morgan fingerprint density at radius 1 is 1.06 bits per heavy atom. The van der Waals surface area contributed by atoms with Crippen molar-refractivity contribution in [1.29, 1.82) is 0 Å². The molecule has 0 spiro atoms. The minimum absolute atomic E-state index is 0.0196. The summed E-state index contributed by atoms with van der Waals surface area (Å²) in [6, 6.07) is 16.2. The SMILES string of the molecule is COc1cc(/C=N\S(=O)(=O)c2ccccc2)cc([N+](=O)[O-])c1OCc1cc(C)ccc1C. The second kappa shape index (κ2) is 9.61. The minimum Gasteiger partial charge on any atom is -0.493 e. The van der Waals surface area contributed by atoms with Gasteiger partial charge in [-0.25, -0.2) is 0 Å². The van der Waals surface area contributed by atoms with E-state index >= 15 is 0 Å². The van der Waals surface area contributed by atoms with Gasteiger partial charge in [0.1, 0.15) is 6.61 Å². The highest BCUT2D eigenvalue weighted by atomic mass is 32.2. The van der Waals surface area contributed by atoms with Crippen molar-refractivity contribution in [2.75, 3.05) is 7.11 Å². The van der Waals surface area contributed by atoms with Gasteiger partial charge in [0.05, 0.1) is 16.9 Å². The van der Waals surface area contributed by atoms with Crippen molar-refractivity contribution >= 4 is 21.9 Å². The lowest BCUT2D eigenvalue weighted by Crippen LogP contribution is -2.04. The van der Waals surface area contributed by atoms with Gasteiger partial charge in [-0.15, -0.1) is 0 Å². The van der Waals surface area contributed by atoms with Crippen LogP contribution in [0.3, 0.4) is 0 Å². The van der Waals surface area contributed by atoms with Crippen molar-refractivity contribution in [3.63, 3.8) is 0 Å². The highest BCUT2D eigenvalue weighted by Crippen LogP contribution is 2.38. The Morgan fingerprint density at radius 2 is 1.78 bits per heavy atom.